The zero-order valence-electron chi connectivity index (χ0n) is 22.0. The summed E-state index contributed by atoms with van der Waals surface area (Å²) in [6, 6.07) is 4.95. The summed E-state index contributed by atoms with van der Waals surface area (Å²) in [5.74, 6) is 0.303. The first-order valence-electron chi connectivity index (χ1n) is 13.4. The van der Waals surface area contributed by atoms with Gasteiger partial charge in [0.25, 0.3) is 0 Å². The molecule has 3 atom stereocenters. The van der Waals surface area contributed by atoms with Crippen LogP contribution in [0.15, 0.2) is 24.3 Å². The van der Waals surface area contributed by atoms with Crippen molar-refractivity contribution in [2.45, 2.75) is 82.8 Å². The molecular formula is C28H41N3O6. The summed E-state index contributed by atoms with van der Waals surface area (Å²) in [6.07, 6.45) is 8.07. The van der Waals surface area contributed by atoms with E-state index in [0.29, 0.717) is 37.7 Å². The molecule has 1 saturated heterocycles. The summed E-state index contributed by atoms with van der Waals surface area (Å²) in [7, 11) is 1.58. The highest BCUT2D eigenvalue weighted by Gasteiger charge is 2.28. The number of rotatable bonds is 13. The molecule has 0 aromatic heterocycles. The Morgan fingerprint density at radius 1 is 0.973 bits per heavy atom. The first-order chi connectivity index (χ1) is 17.9. The number of amides is 3. The first kappa shape index (κ1) is 28.6. The summed E-state index contributed by atoms with van der Waals surface area (Å²) in [5.41, 5.74) is 0.830. The van der Waals surface area contributed by atoms with Crippen molar-refractivity contribution >= 4 is 24.0 Å². The number of nitrogens with one attached hydrogen (secondary N) is 3. The molecule has 0 radical (unpaired) electrons. The van der Waals surface area contributed by atoms with Crippen molar-refractivity contribution in [2.75, 3.05) is 20.3 Å². The van der Waals surface area contributed by atoms with E-state index in [1.54, 1.807) is 26.2 Å². The normalized spacial score (nSPS) is 18.9. The molecule has 9 nitrogen and oxygen atoms in total. The van der Waals surface area contributed by atoms with E-state index in [4.69, 9.17) is 9.47 Å². The Bertz CT molecular complexity index is 894. The SMILES string of the molecule is COc1ccc(C[C@H](NC(=O)[C@@H](C)NC(=O)CC2CCOCC2)C(=O)N[C@H](C=O)CC2CCCC2)cc1. The quantitative estimate of drug-likeness (QED) is 0.347. The van der Waals surface area contributed by atoms with Crippen LogP contribution in [0.1, 0.15) is 63.9 Å². The third-order valence-electron chi connectivity index (χ3n) is 7.37. The van der Waals surface area contributed by atoms with E-state index in [1.165, 1.54) is 0 Å². The van der Waals surface area contributed by atoms with Crippen LogP contribution < -0.4 is 20.7 Å². The molecule has 0 spiro atoms. The van der Waals surface area contributed by atoms with Crippen molar-refractivity contribution in [3.8, 4) is 5.75 Å². The molecule has 0 unspecified atom stereocenters. The smallest absolute Gasteiger partial charge is 0.243 e. The zero-order valence-corrected chi connectivity index (χ0v) is 22.0. The van der Waals surface area contributed by atoms with Gasteiger partial charge >= 0.3 is 0 Å². The molecule has 2 fully saturated rings. The molecule has 1 aromatic rings. The fourth-order valence-electron chi connectivity index (χ4n) is 5.12. The second-order valence-corrected chi connectivity index (χ2v) is 10.3. The minimum atomic E-state index is -0.901. The fraction of sp³-hybridized carbons (Fsp3) is 0.643. The molecule has 2 aliphatic rings. The summed E-state index contributed by atoms with van der Waals surface area (Å²) in [5, 5.41) is 8.38. The number of benzene rings is 1. The van der Waals surface area contributed by atoms with Crippen LogP contribution in [-0.2, 0) is 30.3 Å². The number of ether oxygens (including phenoxy) is 2. The van der Waals surface area contributed by atoms with Gasteiger partial charge in [-0.05, 0) is 55.7 Å². The Hall–Kier alpha value is -2.94. The maximum atomic E-state index is 13.2. The van der Waals surface area contributed by atoms with Gasteiger partial charge in [0.05, 0.1) is 13.2 Å². The molecule has 204 valence electrons. The van der Waals surface area contributed by atoms with Crippen LogP contribution >= 0.6 is 0 Å². The second-order valence-electron chi connectivity index (χ2n) is 10.3. The van der Waals surface area contributed by atoms with Gasteiger partial charge in [-0.1, -0.05) is 37.8 Å². The highest BCUT2D eigenvalue weighted by Crippen LogP contribution is 2.28. The van der Waals surface area contributed by atoms with Gasteiger partial charge in [0, 0.05) is 26.1 Å². The third-order valence-corrected chi connectivity index (χ3v) is 7.37. The minimum absolute atomic E-state index is 0.191. The van der Waals surface area contributed by atoms with Gasteiger partial charge in [0.2, 0.25) is 17.7 Å². The maximum absolute atomic E-state index is 13.2. The molecule has 1 aliphatic heterocycles. The molecule has 1 aliphatic carbocycles. The van der Waals surface area contributed by atoms with Gasteiger partial charge in [0.1, 0.15) is 24.1 Å². The highest BCUT2D eigenvalue weighted by atomic mass is 16.5. The van der Waals surface area contributed by atoms with Crippen LogP contribution in [0.3, 0.4) is 0 Å². The predicted octanol–water partition coefficient (Wildman–Crippen LogP) is 2.31. The zero-order chi connectivity index (χ0) is 26.6. The van der Waals surface area contributed by atoms with Crippen molar-refractivity contribution in [3.63, 3.8) is 0 Å². The molecule has 1 heterocycles. The van der Waals surface area contributed by atoms with Crippen LogP contribution in [0.2, 0.25) is 0 Å². The van der Waals surface area contributed by atoms with Crippen LogP contribution in [0.25, 0.3) is 0 Å². The number of methoxy groups -OCH3 is 1. The summed E-state index contributed by atoms with van der Waals surface area (Å²) < 4.78 is 10.5. The van der Waals surface area contributed by atoms with E-state index in [2.05, 4.69) is 16.0 Å². The van der Waals surface area contributed by atoms with Crippen molar-refractivity contribution in [2.24, 2.45) is 11.8 Å². The van der Waals surface area contributed by atoms with Crippen molar-refractivity contribution in [1.29, 1.82) is 0 Å². The molecule has 0 bridgehead atoms. The summed E-state index contributed by atoms with van der Waals surface area (Å²) >= 11 is 0. The van der Waals surface area contributed by atoms with E-state index in [1.807, 2.05) is 12.1 Å². The van der Waals surface area contributed by atoms with Gasteiger partial charge in [-0.25, -0.2) is 0 Å². The van der Waals surface area contributed by atoms with E-state index < -0.39 is 29.9 Å². The third kappa shape index (κ3) is 9.46. The van der Waals surface area contributed by atoms with Gasteiger partial charge in [-0.3, -0.25) is 14.4 Å². The molecule has 1 saturated carbocycles. The van der Waals surface area contributed by atoms with Crippen molar-refractivity contribution in [1.82, 2.24) is 16.0 Å². The minimum Gasteiger partial charge on any atom is -0.497 e. The van der Waals surface area contributed by atoms with E-state index in [9.17, 15) is 19.2 Å². The van der Waals surface area contributed by atoms with E-state index in [0.717, 1.165) is 50.4 Å². The topological polar surface area (TPSA) is 123 Å². The van der Waals surface area contributed by atoms with Crippen LogP contribution in [0.4, 0.5) is 0 Å². The van der Waals surface area contributed by atoms with Crippen molar-refractivity contribution in [3.05, 3.63) is 29.8 Å². The molecule has 9 heteroatoms. The number of aldehydes is 1. The maximum Gasteiger partial charge on any atom is 0.243 e. The lowest BCUT2D eigenvalue weighted by Crippen LogP contribution is -2.55. The Morgan fingerprint density at radius 2 is 1.65 bits per heavy atom. The van der Waals surface area contributed by atoms with E-state index in [-0.39, 0.29) is 18.2 Å². The van der Waals surface area contributed by atoms with Gasteiger partial charge in [-0.2, -0.15) is 0 Å². The second kappa shape index (κ2) is 14.7. The number of hydrogen-bond donors (Lipinski definition) is 3. The summed E-state index contributed by atoms with van der Waals surface area (Å²) in [4.78, 5) is 50.5. The lowest BCUT2D eigenvalue weighted by atomic mass is 9.96. The lowest BCUT2D eigenvalue weighted by Gasteiger charge is -2.25. The monoisotopic (exact) mass is 515 g/mol. The molecule has 3 rings (SSSR count). The largest absolute Gasteiger partial charge is 0.497 e. The fourth-order valence-corrected chi connectivity index (χ4v) is 5.12. The highest BCUT2D eigenvalue weighted by molar-refractivity contribution is 5.92. The van der Waals surface area contributed by atoms with Crippen LogP contribution in [0.5, 0.6) is 5.75 Å². The van der Waals surface area contributed by atoms with Crippen LogP contribution in [0, 0.1) is 11.8 Å². The van der Waals surface area contributed by atoms with Crippen LogP contribution in [-0.4, -0.2) is 62.5 Å². The Kier molecular flexibility index (Phi) is 11.4. The average Bonchev–Trinajstić information content (AvgIpc) is 3.41. The van der Waals surface area contributed by atoms with Gasteiger partial charge in [0.15, 0.2) is 0 Å². The van der Waals surface area contributed by atoms with E-state index >= 15 is 0 Å². The number of carbonyl (C=O) groups is 4. The van der Waals surface area contributed by atoms with Crippen molar-refractivity contribution < 1.29 is 28.7 Å². The standard InChI is InChI=1S/C28H41N3O6/c1-19(29-26(33)17-22-11-13-37-14-12-22)27(34)31-25(16-21-7-9-24(36-2)10-8-21)28(35)30-23(18-32)15-20-5-3-4-6-20/h7-10,18-20,22-23,25H,3-6,11-17H2,1-2H3,(H,29,33)(H,30,35)(H,31,34)/t19-,23+,25+/m1/s1. The molecule has 1 aromatic carbocycles. The number of carbonyl (C=O) groups excluding carboxylic acids is 4. The average molecular weight is 516 g/mol. The Balaban J connectivity index is 1.61. The summed E-state index contributed by atoms with van der Waals surface area (Å²) in [6.45, 7) is 2.91. The Labute approximate surface area is 219 Å². The van der Waals surface area contributed by atoms with Gasteiger partial charge in [-0.15, -0.1) is 0 Å². The number of hydrogen-bond acceptors (Lipinski definition) is 6. The van der Waals surface area contributed by atoms with Gasteiger partial charge < -0.3 is 30.2 Å². The Morgan fingerprint density at radius 3 is 2.27 bits per heavy atom. The predicted molar refractivity (Wildman–Crippen MR) is 139 cm³/mol. The molecular weight excluding hydrogens is 474 g/mol. The first-order valence-corrected chi connectivity index (χ1v) is 13.4. The molecule has 37 heavy (non-hydrogen) atoms. The molecule has 3 N–H and O–H groups in total. The molecule has 3 amide bonds. The lowest BCUT2D eigenvalue weighted by molar-refractivity contribution is -0.132.